The number of halogens is 1. The molecule has 4 heteroatoms. The van der Waals surface area contributed by atoms with E-state index in [0.29, 0.717) is 5.89 Å². The van der Waals surface area contributed by atoms with E-state index in [1.165, 1.54) is 25.7 Å². The van der Waals surface area contributed by atoms with Gasteiger partial charge in [-0.25, -0.2) is 0 Å². The first kappa shape index (κ1) is 10.5. The van der Waals surface area contributed by atoms with Gasteiger partial charge in [-0.2, -0.15) is 0 Å². The van der Waals surface area contributed by atoms with Crippen molar-refractivity contribution in [2.75, 3.05) is 0 Å². The van der Waals surface area contributed by atoms with Crippen molar-refractivity contribution in [1.82, 2.24) is 10.2 Å². The smallest absolute Gasteiger partial charge is 0.312 e. The molecule has 0 aliphatic rings. The van der Waals surface area contributed by atoms with Crippen molar-refractivity contribution in [3.8, 4) is 0 Å². The lowest BCUT2D eigenvalue weighted by Crippen LogP contribution is -1.86. The second kappa shape index (κ2) is 5.97. The standard InChI is InChI=1S/C9H15ClN2O/c1-2-3-4-5-6-7-8-11-12-9(10)13-8/h2-7H2,1H3. The minimum atomic E-state index is 0.142. The summed E-state index contributed by atoms with van der Waals surface area (Å²) in [4.78, 5) is 0. The molecule has 0 aromatic carbocycles. The maximum atomic E-state index is 5.48. The molecule has 0 fully saturated rings. The molecule has 0 aliphatic carbocycles. The number of hydrogen-bond donors (Lipinski definition) is 0. The summed E-state index contributed by atoms with van der Waals surface area (Å²) in [5.74, 6) is 0.654. The molecule has 0 unspecified atom stereocenters. The number of hydrogen-bond acceptors (Lipinski definition) is 3. The van der Waals surface area contributed by atoms with E-state index in [1.807, 2.05) is 0 Å². The average molecular weight is 203 g/mol. The van der Waals surface area contributed by atoms with E-state index >= 15 is 0 Å². The highest BCUT2D eigenvalue weighted by Crippen LogP contribution is 2.10. The van der Waals surface area contributed by atoms with Crippen molar-refractivity contribution in [2.24, 2.45) is 0 Å². The van der Waals surface area contributed by atoms with E-state index in [-0.39, 0.29) is 5.35 Å². The number of nitrogens with zero attached hydrogens (tertiary/aromatic N) is 2. The molecule has 13 heavy (non-hydrogen) atoms. The van der Waals surface area contributed by atoms with E-state index in [4.69, 9.17) is 16.0 Å². The van der Waals surface area contributed by atoms with E-state index < -0.39 is 0 Å². The third-order valence-corrected chi connectivity index (χ3v) is 2.09. The zero-order valence-corrected chi connectivity index (χ0v) is 8.68. The molecule has 1 rings (SSSR count). The van der Waals surface area contributed by atoms with Crippen LogP contribution in [0.15, 0.2) is 4.42 Å². The summed E-state index contributed by atoms with van der Waals surface area (Å²) in [5.41, 5.74) is 0. The van der Waals surface area contributed by atoms with Gasteiger partial charge < -0.3 is 4.42 Å². The molecule has 0 N–H and O–H groups in total. The summed E-state index contributed by atoms with van der Waals surface area (Å²) in [7, 11) is 0. The van der Waals surface area contributed by atoms with Gasteiger partial charge in [-0.1, -0.05) is 37.7 Å². The van der Waals surface area contributed by atoms with Gasteiger partial charge in [0, 0.05) is 6.42 Å². The van der Waals surface area contributed by atoms with Crippen LogP contribution in [0.3, 0.4) is 0 Å². The molecule has 0 saturated heterocycles. The summed E-state index contributed by atoms with van der Waals surface area (Å²) in [6.45, 7) is 2.21. The third kappa shape index (κ3) is 4.27. The largest absolute Gasteiger partial charge is 0.412 e. The highest BCUT2D eigenvalue weighted by molar-refractivity contribution is 6.27. The molecule has 0 atom stereocenters. The van der Waals surface area contributed by atoms with Gasteiger partial charge in [-0.3, -0.25) is 0 Å². The Morgan fingerprint density at radius 2 is 1.92 bits per heavy atom. The Morgan fingerprint density at radius 1 is 1.15 bits per heavy atom. The summed E-state index contributed by atoms with van der Waals surface area (Å²) < 4.78 is 5.03. The van der Waals surface area contributed by atoms with E-state index in [2.05, 4.69) is 17.1 Å². The summed E-state index contributed by atoms with van der Waals surface area (Å²) in [5, 5.41) is 7.51. The molecule has 1 heterocycles. The fourth-order valence-corrected chi connectivity index (χ4v) is 1.34. The van der Waals surface area contributed by atoms with Crippen molar-refractivity contribution < 1.29 is 4.42 Å². The van der Waals surface area contributed by atoms with Crippen LogP contribution in [0.2, 0.25) is 5.35 Å². The maximum Gasteiger partial charge on any atom is 0.312 e. The number of unbranched alkanes of at least 4 members (excludes halogenated alkanes) is 4. The Labute approximate surface area is 83.5 Å². The van der Waals surface area contributed by atoms with Crippen LogP contribution in [0.1, 0.15) is 44.9 Å². The predicted molar refractivity (Wildman–Crippen MR) is 51.8 cm³/mol. The van der Waals surface area contributed by atoms with Crippen LogP contribution < -0.4 is 0 Å². The second-order valence-corrected chi connectivity index (χ2v) is 3.44. The number of aromatic nitrogens is 2. The number of rotatable bonds is 6. The van der Waals surface area contributed by atoms with Crippen LogP contribution >= 0.6 is 11.6 Å². The zero-order chi connectivity index (χ0) is 9.52. The van der Waals surface area contributed by atoms with Crippen LogP contribution in [0, 0.1) is 0 Å². The Balaban J connectivity index is 2.06. The first-order valence-corrected chi connectivity index (χ1v) is 5.18. The first-order chi connectivity index (χ1) is 6.33. The number of aryl methyl sites for hydroxylation is 1. The monoisotopic (exact) mass is 202 g/mol. The average Bonchev–Trinajstić information content (AvgIpc) is 2.51. The summed E-state index contributed by atoms with van der Waals surface area (Å²) >= 11 is 5.48. The first-order valence-electron chi connectivity index (χ1n) is 4.81. The lowest BCUT2D eigenvalue weighted by atomic mass is 10.1. The normalized spacial score (nSPS) is 10.6. The zero-order valence-electron chi connectivity index (χ0n) is 7.92. The molecule has 0 bridgehead atoms. The van der Waals surface area contributed by atoms with Gasteiger partial charge in [-0.15, -0.1) is 5.10 Å². The second-order valence-electron chi connectivity index (χ2n) is 3.11. The fourth-order valence-electron chi connectivity index (χ4n) is 1.21. The van der Waals surface area contributed by atoms with Crippen LogP contribution in [0.5, 0.6) is 0 Å². The van der Waals surface area contributed by atoms with Crippen molar-refractivity contribution >= 4 is 11.6 Å². The fraction of sp³-hybridized carbons (Fsp3) is 0.778. The molecule has 1 aromatic heterocycles. The predicted octanol–water partition coefficient (Wildman–Crippen LogP) is 3.24. The molecule has 0 saturated carbocycles. The van der Waals surface area contributed by atoms with Gasteiger partial charge in [0.15, 0.2) is 0 Å². The van der Waals surface area contributed by atoms with Crippen LogP contribution in [-0.2, 0) is 6.42 Å². The Kier molecular flexibility index (Phi) is 4.83. The summed E-state index contributed by atoms with van der Waals surface area (Å²) in [6.07, 6.45) is 7.06. The van der Waals surface area contributed by atoms with Crippen molar-refractivity contribution in [1.29, 1.82) is 0 Å². The van der Waals surface area contributed by atoms with Gasteiger partial charge in [0.2, 0.25) is 5.89 Å². The Bertz CT molecular complexity index is 237. The summed E-state index contributed by atoms with van der Waals surface area (Å²) in [6, 6.07) is 0. The molecular formula is C9H15ClN2O. The molecule has 0 amide bonds. The van der Waals surface area contributed by atoms with E-state index in [9.17, 15) is 0 Å². The molecule has 1 aromatic rings. The molecule has 74 valence electrons. The van der Waals surface area contributed by atoms with Crippen LogP contribution in [-0.4, -0.2) is 10.2 Å². The molecule has 3 nitrogen and oxygen atoms in total. The van der Waals surface area contributed by atoms with Crippen LogP contribution in [0.4, 0.5) is 0 Å². The van der Waals surface area contributed by atoms with Crippen molar-refractivity contribution in [3.63, 3.8) is 0 Å². The highest BCUT2D eigenvalue weighted by atomic mass is 35.5. The molecule has 0 aliphatic heterocycles. The Hall–Kier alpha value is -0.570. The maximum absolute atomic E-state index is 5.48. The van der Waals surface area contributed by atoms with Crippen molar-refractivity contribution in [3.05, 3.63) is 11.2 Å². The molecule has 0 spiro atoms. The van der Waals surface area contributed by atoms with E-state index in [0.717, 1.165) is 12.8 Å². The lowest BCUT2D eigenvalue weighted by Gasteiger charge is -1.95. The highest BCUT2D eigenvalue weighted by Gasteiger charge is 2.01. The minimum Gasteiger partial charge on any atom is -0.412 e. The van der Waals surface area contributed by atoms with E-state index in [1.54, 1.807) is 0 Å². The molecular weight excluding hydrogens is 188 g/mol. The van der Waals surface area contributed by atoms with Gasteiger partial charge in [0.1, 0.15) is 0 Å². The van der Waals surface area contributed by atoms with Gasteiger partial charge in [0.05, 0.1) is 0 Å². The van der Waals surface area contributed by atoms with Gasteiger partial charge in [0.25, 0.3) is 0 Å². The minimum absolute atomic E-state index is 0.142. The van der Waals surface area contributed by atoms with Crippen LogP contribution in [0.25, 0.3) is 0 Å². The Morgan fingerprint density at radius 3 is 2.54 bits per heavy atom. The lowest BCUT2D eigenvalue weighted by molar-refractivity contribution is 0.479. The van der Waals surface area contributed by atoms with Crippen molar-refractivity contribution in [2.45, 2.75) is 45.4 Å². The SMILES string of the molecule is CCCCCCCc1nnc(Cl)o1. The third-order valence-electron chi connectivity index (χ3n) is 1.94. The van der Waals surface area contributed by atoms with Gasteiger partial charge in [-0.05, 0) is 18.0 Å². The topological polar surface area (TPSA) is 38.9 Å². The molecule has 0 radical (unpaired) electrons. The quantitative estimate of drug-likeness (QED) is 0.665. The van der Waals surface area contributed by atoms with Gasteiger partial charge >= 0.3 is 5.35 Å².